The van der Waals surface area contributed by atoms with E-state index in [1.165, 1.54) is 17.4 Å². The Morgan fingerprint density at radius 1 is 1.17 bits per heavy atom. The van der Waals surface area contributed by atoms with Crippen LogP contribution in [0.25, 0.3) is 11.3 Å². The minimum absolute atomic E-state index is 0.171. The van der Waals surface area contributed by atoms with Crippen LogP contribution in [-0.2, 0) is 19.6 Å². The van der Waals surface area contributed by atoms with Crippen molar-refractivity contribution in [2.75, 3.05) is 6.61 Å². The molecule has 30 heavy (non-hydrogen) atoms. The zero-order valence-electron chi connectivity index (χ0n) is 15.8. The first-order valence-electron chi connectivity index (χ1n) is 8.89. The maximum absolute atomic E-state index is 13.2. The molecule has 0 saturated carbocycles. The first kappa shape index (κ1) is 22.2. The summed E-state index contributed by atoms with van der Waals surface area (Å²) >= 11 is 7.20. The Morgan fingerprint density at radius 2 is 1.87 bits per heavy atom. The van der Waals surface area contributed by atoms with Crippen LogP contribution in [0.5, 0.6) is 0 Å². The van der Waals surface area contributed by atoms with E-state index in [1.807, 2.05) is 30.3 Å². The Kier molecular flexibility index (Phi) is 7.38. The average Bonchev–Trinajstić information content (AvgIpc) is 3.23. The van der Waals surface area contributed by atoms with Gasteiger partial charge in [-0.15, -0.1) is 17.9 Å². The van der Waals surface area contributed by atoms with E-state index in [-0.39, 0.29) is 13.1 Å². The highest BCUT2D eigenvalue weighted by molar-refractivity contribution is 7.89. The van der Waals surface area contributed by atoms with Crippen molar-refractivity contribution in [2.45, 2.75) is 11.3 Å². The number of rotatable bonds is 10. The van der Waals surface area contributed by atoms with E-state index in [0.29, 0.717) is 21.2 Å². The summed E-state index contributed by atoms with van der Waals surface area (Å²) in [6, 6.07) is 15.1. The smallest absolute Gasteiger partial charge is 0.293 e. The number of carbonyl (C=O) groups is 1. The molecule has 0 radical (unpaired) electrons. The van der Waals surface area contributed by atoms with Gasteiger partial charge in [0.2, 0.25) is 10.0 Å². The van der Waals surface area contributed by atoms with Crippen molar-refractivity contribution in [3.05, 3.63) is 88.2 Å². The van der Waals surface area contributed by atoms with E-state index in [9.17, 15) is 13.2 Å². The van der Waals surface area contributed by atoms with E-state index in [1.54, 1.807) is 29.8 Å². The number of aromatic nitrogens is 1. The fourth-order valence-corrected chi connectivity index (χ4v) is 5.52. The van der Waals surface area contributed by atoms with E-state index < -0.39 is 21.3 Å². The molecule has 3 rings (SSSR count). The third kappa shape index (κ3) is 5.14. The van der Waals surface area contributed by atoms with Gasteiger partial charge >= 0.3 is 0 Å². The normalized spacial score (nSPS) is 13.4. The Morgan fingerprint density at radius 3 is 2.50 bits per heavy atom. The zero-order chi connectivity index (χ0) is 21.6. The number of nitrogens with zero attached hydrogens (tertiary/aromatic N) is 1. The second-order valence-corrected chi connectivity index (χ2v) is 9.44. The molecule has 0 saturated heterocycles. The highest BCUT2D eigenvalue weighted by Crippen LogP contribution is 2.33. The van der Waals surface area contributed by atoms with Gasteiger partial charge in [-0.2, -0.15) is 0 Å². The first-order valence-corrected chi connectivity index (χ1v) is 11.7. The zero-order valence-corrected chi connectivity index (χ0v) is 18.2. The molecule has 0 amide bonds. The van der Waals surface area contributed by atoms with Crippen LogP contribution in [-0.4, -0.2) is 26.5 Å². The molecule has 0 bridgehead atoms. The van der Waals surface area contributed by atoms with Gasteiger partial charge in [-0.05, 0) is 17.7 Å². The molecule has 0 aliphatic rings. The number of thiazole rings is 1. The van der Waals surface area contributed by atoms with Crippen LogP contribution in [0.4, 0.5) is 0 Å². The number of carbonyl (C=O) groups excluding carboxylic acids is 1. The standard InChI is InChI=1S/C21H19ClN2O4S2/c1-2-19(15-8-10-17(22)11-9-15)30(26,27)24-18(12-28-14-25)21-20(23-13-29-21)16-6-4-3-5-7-16/h2-11,13-14,18-19,24H,1,12H2. The fourth-order valence-electron chi connectivity index (χ4n) is 2.98. The van der Waals surface area contributed by atoms with Crippen LogP contribution < -0.4 is 4.72 Å². The lowest BCUT2D eigenvalue weighted by Gasteiger charge is -2.21. The number of hydrogen-bond donors (Lipinski definition) is 1. The minimum Gasteiger partial charge on any atom is -0.466 e. The second-order valence-electron chi connectivity index (χ2n) is 6.28. The molecule has 3 aromatic rings. The summed E-state index contributed by atoms with van der Waals surface area (Å²) in [6.07, 6.45) is 1.34. The maximum atomic E-state index is 13.2. The van der Waals surface area contributed by atoms with Gasteiger partial charge in [-0.25, -0.2) is 18.1 Å². The summed E-state index contributed by atoms with van der Waals surface area (Å²) in [5.74, 6) is 0. The molecule has 0 aliphatic carbocycles. The SMILES string of the molecule is C=CC(c1ccc(Cl)cc1)S(=O)(=O)NC(COC=O)c1scnc1-c1ccccc1. The number of nitrogens with one attached hydrogen (secondary N) is 1. The van der Waals surface area contributed by atoms with Crippen molar-refractivity contribution in [3.63, 3.8) is 0 Å². The van der Waals surface area contributed by atoms with Gasteiger partial charge in [0, 0.05) is 10.6 Å². The number of ether oxygens (including phenoxy) is 1. The monoisotopic (exact) mass is 462 g/mol. The molecule has 1 aromatic heterocycles. The third-order valence-corrected chi connectivity index (χ3v) is 7.28. The first-order chi connectivity index (χ1) is 14.5. The molecule has 2 unspecified atom stereocenters. The highest BCUT2D eigenvalue weighted by atomic mass is 35.5. The summed E-state index contributed by atoms with van der Waals surface area (Å²) in [5.41, 5.74) is 3.61. The van der Waals surface area contributed by atoms with Crippen LogP contribution >= 0.6 is 22.9 Å². The van der Waals surface area contributed by atoms with Gasteiger partial charge in [-0.1, -0.05) is 60.1 Å². The summed E-state index contributed by atoms with van der Waals surface area (Å²) < 4.78 is 34.0. The lowest BCUT2D eigenvalue weighted by molar-refractivity contribution is -0.129. The molecule has 0 aliphatic heterocycles. The maximum Gasteiger partial charge on any atom is 0.293 e. The lowest BCUT2D eigenvalue weighted by Crippen LogP contribution is -2.34. The van der Waals surface area contributed by atoms with Gasteiger partial charge in [-0.3, -0.25) is 4.79 Å². The summed E-state index contributed by atoms with van der Waals surface area (Å²) in [5, 5.41) is -0.511. The Hall–Kier alpha value is -2.52. The van der Waals surface area contributed by atoms with Crippen molar-refractivity contribution in [1.29, 1.82) is 0 Å². The van der Waals surface area contributed by atoms with Crippen LogP contribution in [0, 0.1) is 0 Å². The van der Waals surface area contributed by atoms with Crippen LogP contribution in [0.15, 0.2) is 72.8 Å². The molecular formula is C21H19ClN2O4S2. The minimum atomic E-state index is -3.92. The predicted octanol–water partition coefficient (Wildman–Crippen LogP) is 4.52. The van der Waals surface area contributed by atoms with Gasteiger partial charge in [0.05, 0.1) is 22.1 Å². The second kappa shape index (κ2) is 9.99. The fraction of sp³-hybridized carbons (Fsp3) is 0.143. The Balaban J connectivity index is 1.95. The summed E-state index contributed by atoms with van der Waals surface area (Å²) in [6.45, 7) is 3.79. The van der Waals surface area contributed by atoms with Gasteiger partial charge in [0.1, 0.15) is 11.9 Å². The van der Waals surface area contributed by atoms with Crippen LogP contribution in [0.1, 0.15) is 21.7 Å². The number of hydrogen-bond acceptors (Lipinski definition) is 6. The molecule has 1 heterocycles. The van der Waals surface area contributed by atoms with Crippen LogP contribution in [0.3, 0.4) is 0 Å². The Labute approximate surface area is 184 Å². The quantitative estimate of drug-likeness (QED) is 0.353. The van der Waals surface area contributed by atoms with Gasteiger partial charge < -0.3 is 4.74 Å². The number of sulfonamides is 1. The molecule has 6 nitrogen and oxygen atoms in total. The number of halogens is 1. The number of benzene rings is 2. The molecule has 156 valence electrons. The van der Waals surface area contributed by atoms with Gasteiger partial charge in [0.25, 0.3) is 6.47 Å². The molecule has 0 fully saturated rings. The van der Waals surface area contributed by atoms with E-state index in [2.05, 4.69) is 16.3 Å². The van der Waals surface area contributed by atoms with Crippen molar-refractivity contribution < 1.29 is 17.9 Å². The van der Waals surface area contributed by atoms with Gasteiger partial charge in [0.15, 0.2) is 0 Å². The molecule has 1 N–H and O–H groups in total. The molecule has 0 spiro atoms. The molecule has 2 atom stereocenters. The van der Waals surface area contributed by atoms with Crippen LogP contribution in [0.2, 0.25) is 5.02 Å². The average molecular weight is 463 g/mol. The summed E-state index contributed by atoms with van der Waals surface area (Å²) in [7, 11) is -3.92. The van der Waals surface area contributed by atoms with Crippen molar-refractivity contribution >= 4 is 39.4 Å². The third-order valence-electron chi connectivity index (χ3n) is 4.34. The van der Waals surface area contributed by atoms with Crippen molar-refractivity contribution in [2.24, 2.45) is 0 Å². The summed E-state index contributed by atoms with van der Waals surface area (Å²) in [4.78, 5) is 15.8. The molecular weight excluding hydrogens is 444 g/mol. The Bertz CT molecular complexity index is 1100. The molecule has 2 aromatic carbocycles. The predicted molar refractivity (Wildman–Crippen MR) is 119 cm³/mol. The van der Waals surface area contributed by atoms with E-state index in [0.717, 1.165) is 5.56 Å². The molecule has 9 heteroatoms. The van der Waals surface area contributed by atoms with E-state index >= 15 is 0 Å². The van der Waals surface area contributed by atoms with Crippen molar-refractivity contribution in [3.8, 4) is 11.3 Å². The highest BCUT2D eigenvalue weighted by Gasteiger charge is 2.30. The topological polar surface area (TPSA) is 85.4 Å². The van der Waals surface area contributed by atoms with E-state index in [4.69, 9.17) is 16.3 Å². The largest absolute Gasteiger partial charge is 0.466 e. The lowest BCUT2D eigenvalue weighted by atomic mass is 10.1. The van der Waals surface area contributed by atoms with Crippen molar-refractivity contribution in [1.82, 2.24) is 9.71 Å².